The van der Waals surface area contributed by atoms with Crippen LogP contribution in [0.4, 0.5) is 5.13 Å². The monoisotopic (exact) mass is 415 g/mol. The van der Waals surface area contributed by atoms with E-state index in [0.717, 1.165) is 15.3 Å². The van der Waals surface area contributed by atoms with E-state index in [-0.39, 0.29) is 23.0 Å². The molecule has 1 aliphatic heterocycles. The molecule has 0 bridgehead atoms. The molecule has 1 amide bonds. The van der Waals surface area contributed by atoms with Crippen LogP contribution in [-0.4, -0.2) is 56.1 Å². The molecule has 1 fully saturated rings. The molecule has 28 heavy (non-hydrogen) atoms. The first-order chi connectivity index (χ1) is 13.5. The van der Waals surface area contributed by atoms with Crippen LogP contribution >= 0.6 is 11.3 Å². The minimum Gasteiger partial charge on any atom is -0.345 e. The Morgan fingerprint density at radius 3 is 2.36 bits per heavy atom. The van der Waals surface area contributed by atoms with Gasteiger partial charge in [0.15, 0.2) is 15.0 Å². The Bertz CT molecular complexity index is 1040. The van der Waals surface area contributed by atoms with Crippen molar-refractivity contribution >= 4 is 42.4 Å². The lowest BCUT2D eigenvalue weighted by atomic mass is 10.3. The third-order valence-corrected chi connectivity index (χ3v) is 7.70. The Morgan fingerprint density at radius 1 is 0.964 bits per heavy atom. The zero-order valence-electron chi connectivity index (χ0n) is 15.3. The average Bonchev–Trinajstić information content (AvgIpc) is 3.17. The second-order valence-electron chi connectivity index (χ2n) is 6.71. The van der Waals surface area contributed by atoms with Gasteiger partial charge in [0.1, 0.15) is 0 Å². The quantitative estimate of drug-likeness (QED) is 0.641. The van der Waals surface area contributed by atoms with Crippen molar-refractivity contribution in [1.82, 2.24) is 9.88 Å². The predicted molar refractivity (Wildman–Crippen MR) is 112 cm³/mol. The molecule has 1 saturated heterocycles. The van der Waals surface area contributed by atoms with Gasteiger partial charge in [-0.15, -0.1) is 0 Å². The van der Waals surface area contributed by atoms with Gasteiger partial charge in [0, 0.05) is 32.6 Å². The molecule has 0 saturated carbocycles. The highest BCUT2D eigenvalue weighted by atomic mass is 32.2. The van der Waals surface area contributed by atoms with E-state index in [0.29, 0.717) is 26.2 Å². The summed E-state index contributed by atoms with van der Waals surface area (Å²) in [7, 11) is -3.43. The number of carbonyl (C=O) groups is 1. The van der Waals surface area contributed by atoms with Gasteiger partial charge in [-0.25, -0.2) is 13.4 Å². The van der Waals surface area contributed by atoms with Crippen molar-refractivity contribution < 1.29 is 13.2 Å². The maximum Gasteiger partial charge on any atom is 0.223 e. The minimum atomic E-state index is -3.43. The van der Waals surface area contributed by atoms with Crippen LogP contribution in [0.5, 0.6) is 0 Å². The molecule has 0 radical (unpaired) electrons. The number of piperazine rings is 1. The third-order valence-electron chi connectivity index (χ3n) is 4.87. The van der Waals surface area contributed by atoms with Crippen LogP contribution in [0.15, 0.2) is 59.5 Å². The largest absolute Gasteiger partial charge is 0.345 e. The summed E-state index contributed by atoms with van der Waals surface area (Å²) in [6.07, 6.45) is 0.0123. The van der Waals surface area contributed by atoms with E-state index in [1.54, 1.807) is 46.6 Å². The van der Waals surface area contributed by atoms with Crippen LogP contribution in [0.1, 0.15) is 6.42 Å². The number of anilines is 1. The van der Waals surface area contributed by atoms with Gasteiger partial charge in [-0.3, -0.25) is 4.79 Å². The summed E-state index contributed by atoms with van der Waals surface area (Å²) in [5.41, 5.74) is 0.993. The molecule has 0 unspecified atom stereocenters. The van der Waals surface area contributed by atoms with Crippen molar-refractivity contribution in [2.45, 2.75) is 11.3 Å². The van der Waals surface area contributed by atoms with Crippen molar-refractivity contribution in [3.05, 3.63) is 54.6 Å². The van der Waals surface area contributed by atoms with E-state index in [1.165, 1.54) is 0 Å². The van der Waals surface area contributed by atoms with Crippen molar-refractivity contribution in [1.29, 1.82) is 0 Å². The van der Waals surface area contributed by atoms with Gasteiger partial charge < -0.3 is 9.80 Å². The first kappa shape index (κ1) is 18.9. The van der Waals surface area contributed by atoms with Gasteiger partial charge in [-0.1, -0.05) is 41.7 Å². The third kappa shape index (κ3) is 4.02. The lowest BCUT2D eigenvalue weighted by molar-refractivity contribution is -0.131. The normalized spacial score (nSPS) is 15.1. The van der Waals surface area contributed by atoms with Crippen molar-refractivity contribution in [2.75, 3.05) is 36.8 Å². The number of carbonyl (C=O) groups excluding carboxylic acids is 1. The first-order valence-corrected chi connectivity index (χ1v) is 11.7. The highest BCUT2D eigenvalue weighted by molar-refractivity contribution is 7.91. The van der Waals surface area contributed by atoms with Crippen LogP contribution < -0.4 is 4.90 Å². The molecule has 1 aliphatic rings. The number of aromatic nitrogens is 1. The standard InChI is InChI=1S/C20H21N3O3S2/c24-19(10-15-28(25,26)16-6-2-1-3-7-16)22-11-13-23(14-12-22)20-21-17-8-4-5-9-18(17)27-20/h1-9H,10-15H2. The van der Waals surface area contributed by atoms with E-state index in [1.807, 2.05) is 18.2 Å². The molecule has 0 N–H and O–H groups in total. The Hall–Kier alpha value is -2.45. The van der Waals surface area contributed by atoms with Gasteiger partial charge >= 0.3 is 0 Å². The van der Waals surface area contributed by atoms with Crippen LogP contribution in [0.3, 0.4) is 0 Å². The van der Waals surface area contributed by atoms with Gasteiger partial charge in [0.05, 0.1) is 20.9 Å². The number of amides is 1. The molecule has 1 aromatic heterocycles. The Labute approximate surface area is 168 Å². The number of hydrogen-bond acceptors (Lipinski definition) is 6. The van der Waals surface area contributed by atoms with Crippen molar-refractivity contribution in [3.63, 3.8) is 0 Å². The van der Waals surface area contributed by atoms with E-state index < -0.39 is 9.84 Å². The summed E-state index contributed by atoms with van der Waals surface area (Å²) < 4.78 is 25.9. The number of thiazole rings is 1. The molecule has 0 aliphatic carbocycles. The fourth-order valence-electron chi connectivity index (χ4n) is 3.27. The Morgan fingerprint density at radius 2 is 1.64 bits per heavy atom. The van der Waals surface area contributed by atoms with Crippen LogP contribution in [0, 0.1) is 0 Å². The summed E-state index contributed by atoms with van der Waals surface area (Å²) in [4.78, 5) is 21.4. The van der Waals surface area contributed by atoms with Gasteiger partial charge in [-0.05, 0) is 24.3 Å². The van der Waals surface area contributed by atoms with Gasteiger partial charge in [0.2, 0.25) is 5.91 Å². The summed E-state index contributed by atoms with van der Waals surface area (Å²) in [6.45, 7) is 2.58. The number of benzene rings is 2. The van der Waals surface area contributed by atoms with Crippen LogP contribution in [0.2, 0.25) is 0 Å². The van der Waals surface area contributed by atoms with Crippen molar-refractivity contribution in [3.8, 4) is 0 Å². The van der Waals surface area contributed by atoms with E-state index in [4.69, 9.17) is 0 Å². The zero-order valence-corrected chi connectivity index (χ0v) is 17.0. The van der Waals surface area contributed by atoms with Crippen LogP contribution in [-0.2, 0) is 14.6 Å². The molecular formula is C20H21N3O3S2. The van der Waals surface area contributed by atoms with Gasteiger partial charge in [-0.2, -0.15) is 0 Å². The van der Waals surface area contributed by atoms with E-state index in [9.17, 15) is 13.2 Å². The SMILES string of the molecule is O=C(CCS(=O)(=O)c1ccccc1)N1CCN(c2nc3ccccc3s2)CC1. The first-order valence-electron chi connectivity index (χ1n) is 9.19. The lowest BCUT2D eigenvalue weighted by Gasteiger charge is -2.34. The molecule has 0 atom stereocenters. The highest BCUT2D eigenvalue weighted by Crippen LogP contribution is 2.29. The maximum absolute atomic E-state index is 12.5. The zero-order chi connectivity index (χ0) is 19.6. The molecule has 3 aromatic rings. The number of fused-ring (bicyclic) bond motifs is 1. The smallest absolute Gasteiger partial charge is 0.223 e. The fourth-order valence-corrected chi connectivity index (χ4v) is 5.54. The predicted octanol–water partition coefficient (Wildman–Crippen LogP) is 2.81. The van der Waals surface area contributed by atoms with E-state index in [2.05, 4.69) is 16.0 Å². The summed E-state index contributed by atoms with van der Waals surface area (Å²) in [5.74, 6) is -0.267. The lowest BCUT2D eigenvalue weighted by Crippen LogP contribution is -2.49. The molecular weight excluding hydrogens is 394 g/mol. The second kappa shape index (κ2) is 7.89. The number of rotatable bonds is 5. The fraction of sp³-hybridized carbons (Fsp3) is 0.300. The molecule has 6 nitrogen and oxygen atoms in total. The Kier molecular flexibility index (Phi) is 5.32. The molecule has 0 spiro atoms. The number of nitrogens with zero attached hydrogens (tertiary/aromatic N) is 3. The number of para-hydroxylation sites is 1. The van der Waals surface area contributed by atoms with Gasteiger partial charge in [0.25, 0.3) is 0 Å². The van der Waals surface area contributed by atoms with E-state index >= 15 is 0 Å². The summed E-state index contributed by atoms with van der Waals surface area (Å²) in [6, 6.07) is 16.3. The van der Waals surface area contributed by atoms with Crippen LogP contribution in [0.25, 0.3) is 10.2 Å². The summed E-state index contributed by atoms with van der Waals surface area (Å²) in [5, 5.41) is 0.972. The molecule has 8 heteroatoms. The molecule has 4 rings (SSSR count). The number of hydrogen-bond donors (Lipinski definition) is 0. The minimum absolute atomic E-state index is 0.0123. The number of sulfone groups is 1. The summed E-state index contributed by atoms with van der Waals surface area (Å²) >= 11 is 1.66. The topological polar surface area (TPSA) is 70.6 Å². The molecule has 146 valence electrons. The average molecular weight is 416 g/mol. The molecule has 2 aromatic carbocycles. The Balaban J connectivity index is 1.32. The molecule has 2 heterocycles. The highest BCUT2D eigenvalue weighted by Gasteiger charge is 2.24. The maximum atomic E-state index is 12.5. The van der Waals surface area contributed by atoms with Crippen molar-refractivity contribution in [2.24, 2.45) is 0 Å². The second-order valence-corrected chi connectivity index (χ2v) is 9.83.